The fourth-order valence-corrected chi connectivity index (χ4v) is 2.58. The fraction of sp³-hybridized carbons (Fsp3) is 0.667. The highest BCUT2D eigenvalue weighted by molar-refractivity contribution is 7.10. The first-order valence-corrected chi connectivity index (χ1v) is 6.42. The van der Waals surface area contributed by atoms with Gasteiger partial charge in [-0.1, -0.05) is 13.0 Å². The van der Waals surface area contributed by atoms with Crippen LogP contribution in [0.1, 0.15) is 37.5 Å². The lowest BCUT2D eigenvalue weighted by Gasteiger charge is -2.16. The molecule has 1 nitrogen and oxygen atoms in total. The van der Waals surface area contributed by atoms with Crippen molar-refractivity contribution in [1.82, 2.24) is 5.32 Å². The van der Waals surface area contributed by atoms with E-state index in [-0.39, 0.29) is 0 Å². The van der Waals surface area contributed by atoms with Gasteiger partial charge in [0.15, 0.2) is 0 Å². The van der Waals surface area contributed by atoms with Crippen molar-refractivity contribution >= 4 is 11.3 Å². The van der Waals surface area contributed by atoms with Gasteiger partial charge in [-0.15, -0.1) is 11.3 Å². The Hall–Kier alpha value is -0.340. The second-order valence-corrected chi connectivity index (χ2v) is 5.43. The smallest absolute Gasteiger partial charge is 0.00860 e. The number of hydrogen-bond donors (Lipinski definition) is 1. The average Bonchev–Trinajstić information content (AvgIpc) is 2.90. The minimum absolute atomic E-state index is 0.663. The van der Waals surface area contributed by atoms with Crippen LogP contribution in [0.15, 0.2) is 17.5 Å². The van der Waals surface area contributed by atoms with Gasteiger partial charge in [-0.25, -0.2) is 0 Å². The van der Waals surface area contributed by atoms with Crippen molar-refractivity contribution in [3.05, 3.63) is 22.4 Å². The molecule has 0 bridgehead atoms. The summed E-state index contributed by atoms with van der Waals surface area (Å²) in [6, 6.07) is 5.09. The van der Waals surface area contributed by atoms with E-state index in [1.807, 2.05) is 11.3 Å². The molecule has 0 amide bonds. The molecule has 1 heterocycles. The van der Waals surface area contributed by atoms with E-state index in [1.54, 1.807) is 0 Å². The Bertz CT molecular complexity index is 264. The third kappa shape index (κ3) is 2.58. The molecule has 1 aliphatic carbocycles. The summed E-state index contributed by atoms with van der Waals surface area (Å²) in [6.45, 7) is 5.75. The van der Waals surface area contributed by atoms with Crippen molar-refractivity contribution in [3.8, 4) is 0 Å². The lowest BCUT2D eigenvalue weighted by Crippen LogP contribution is -2.30. The predicted octanol–water partition coefficient (Wildman–Crippen LogP) is 3.24. The molecular formula is C12H19NS. The molecule has 14 heavy (non-hydrogen) atoms. The van der Waals surface area contributed by atoms with Gasteiger partial charge in [0, 0.05) is 23.4 Å². The Kier molecular flexibility index (Phi) is 3.24. The zero-order valence-corrected chi connectivity index (χ0v) is 9.81. The topological polar surface area (TPSA) is 12.0 Å². The van der Waals surface area contributed by atoms with Gasteiger partial charge in [-0.3, -0.25) is 0 Å². The first-order chi connectivity index (χ1) is 6.77. The van der Waals surface area contributed by atoms with E-state index in [0.717, 1.165) is 18.5 Å². The van der Waals surface area contributed by atoms with E-state index in [0.29, 0.717) is 5.92 Å². The SMILES string of the molecule is CC(CNC(C)C1CC1)c1cccs1. The lowest BCUT2D eigenvalue weighted by molar-refractivity contribution is 0.479. The molecular weight excluding hydrogens is 190 g/mol. The van der Waals surface area contributed by atoms with Crippen LogP contribution in [0.2, 0.25) is 0 Å². The third-order valence-corrected chi connectivity index (χ3v) is 4.21. The number of nitrogens with one attached hydrogen (secondary N) is 1. The Labute approximate surface area is 90.5 Å². The quantitative estimate of drug-likeness (QED) is 0.785. The first-order valence-electron chi connectivity index (χ1n) is 5.54. The summed E-state index contributed by atoms with van der Waals surface area (Å²) >= 11 is 1.87. The highest BCUT2D eigenvalue weighted by atomic mass is 32.1. The number of rotatable bonds is 5. The van der Waals surface area contributed by atoms with Gasteiger partial charge >= 0.3 is 0 Å². The monoisotopic (exact) mass is 209 g/mol. The summed E-state index contributed by atoms with van der Waals surface area (Å²) in [6.07, 6.45) is 2.86. The van der Waals surface area contributed by atoms with Crippen molar-refractivity contribution < 1.29 is 0 Å². The average molecular weight is 209 g/mol. The van der Waals surface area contributed by atoms with Gasteiger partial charge in [-0.2, -0.15) is 0 Å². The van der Waals surface area contributed by atoms with Crippen LogP contribution in [0.4, 0.5) is 0 Å². The fourth-order valence-electron chi connectivity index (χ4n) is 1.80. The van der Waals surface area contributed by atoms with Crippen molar-refractivity contribution in [2.75, 3.05) is 6.54 Å². The van der Waals surface area contributed by atoms with Crippen molar-refractivity contribution in [2.45, 2.75) is 38.6 Å². The van der Waals surface area contributed by atoms with Crippen LogP contribution in [-0.2, 0) is 0 Å². The molecule has 78 valence electrons. The van der Waals surface area contributed by atoms with Gasteiger partial charge in [0.05, 0.1) is 0 Å². The second kappa shape index (κ2) is 4.45. The molecule has 2 heteroatoms. The molecule has 0 aromatic carbocycles. The van der Waals surface area contributed by atoms with Gasteiger partial charge in [0.1, 0.15) is 0 Å². The van der Waals surface area contributed by atoms with E-state index in [1.165, 1.54) is 17.7 Å². The highest BCUT2D eigenvalue weighted by Crippen LogP contribution is 2.32. The molecule has 0 radical (unpaired) electrons. The zero-order chi connectivity index (χ0) is 9.97. The third-order valence-electron chi connectivity index (χ3n) is 3.10. The van der Waals surface area contributed by atoms with Gasteiger partial charge in [-0.05, 0) is 37.1 Å². The van der Waals surface area contributed by atoms with Crippen LogP contribution in [0.25, 0.3) is 0 Å². The maximum atomic E-state index is 3.64. The van der Waals surface area contributed by atoms with Crippen LogP contribution >= 0.6 is 11.3 Å². The van der Waals surface area contributed by atoms with Crippen molar-refractivity contribution in [1.29, 1.82) is 0 Å². The molecule has 2 rings (SSSR count). The van der Waals surface area contributed by atoms with E-state index in [9.17, 15) is 0 Å². The van der Waals surface area contributed by atoms with E-state index in [4.69, 9.17) is 0 Å². The largest absolute Gasteiger partial charge is 0.313 e. The van der Waals surface area contributed by atoms with E-state index < -0.39 is 0 Å². The van der Waals surface area contributed by atoms with E-state index in [2.05, 4.69) is 36.7 Å². The maximum Gasteiger partial charge on any atom is 0.00860 e. The molecule has 1 aliphatic rings. The molecule has 2 atom stereocenters. The molecule has 2 unspecified atom stereocenters. The summed E-state index contributed by atoms with van der Waals surface area (Å²) in [5.74, 6) is 1.63. The van der Waals surface area contributed by atoms with Crippen molar-refractivity contribution in [2.24, 2.45) is 5.92 Å². The predicted molar refractivity (Wildman–Crippen MR) is 62.9 cm³/mol. The summed E-state index contributed by atoms with van der Waals surface area (Å²) in [7, 11) is 0. The minimum atomic E-state index is 0.663. The molecule has 1 fully saturated rings. The Morgan fingerprint density at radius 2 is 2.29 bits per heavy atom. The standard InChI is InChI=1S/C12H19NS/c1-9(12-4-3-7-14-12)8-13-10(2)11-5-6-11/h3-4,7,9-11,13H,5-6,8H2,1-2H3. The molecule has 1 aromatic heterocycles. The summed E-state index contributed by atoms with van der Waals surface area (Å²) in [4.78, 5) is 1.50. The maximum absolute atomic E-state index is 3.64. The van der Waals surface area contributed by atoms with Crippen LogP contribution in [0.3, 0.4) is 0 Å². The molecule has 1 saturated carbocycles. The van der Waals surface area contributed by atoms with Crippen LogP contribution in [0, 0.1) is 5.92 Å². The molecule has 1 aromatic rings. The van der Waals surface area contributed by atoms with Crippen LogP contribution in [-0.4, -0.2) is 12.6 Å². The van der Waals surface area contributed by atoms with Crippen LogP contribution in [0.5, 0.6) is 0 Å². The Morgan fingerprint density at radius 3 is 2.86 bits per heavy atom. The highest BCUT2D eigenvalue weighted by Gasteiger charge is 2.27. The van der Waals surface area contributed by atoms with Gasteiger partial charge in [0.25, 0.3) is 0 Å². The zero-order valence-electron chi connectivity index (χ0n) is 8.99. The normalized spacial score (nSPS) is 20.7. The first kappa shape index (κ1) is 10.2. The number of hydrogen-bond acceptors (Lipinski definition) is 2. The van der Waals surface area contributed by atoms with Gasteiger partial charge in [0.2, 0.25) is 0 Å². The summed E-state index contributed by atoms with van der Waals surface area (Å²) < 4.78 is 0. The molecule has 0 spiro atoms. The second-order valence-electron chi connectivity index (χ2n) is 4.45. The molecule has 0 aliphatic heterocycles. The summed E-state index contributed by atoms with van der Waals surface area (Å²) in [5.41, 5.74) is 0. The summed E-state index contributed by atoms with van der Waals surface area (Å²) in [5, 5.41) is 5.80. The van der Waals surface area contributed by atoms with Crippen molar-refractivity contribution in [3.63, 3.8) is 0 Å². The lowest BCUT2D eigenvalue weighted by atomic mass is 10.1. The van der Waals surface area contributed by atoms with E-state index >= 15 is 0 Å². The Balaban J connectivity index is 1.74. The number of thiophene rings is 1. The molecule has 1 N–H and O–H groups in total. The Morgan fingerprint density at radius 1 is 1.50 bits per heavy atom. The minimum Gasteiger partial charge on any atom is -0.313 e. The van der Waals surface area contributed by atoms with Gasteiger partial charge < -0.3 is 5.32 Å². The molecule has 0 saturated heterocycles. The van der Waals surface area contributed by atoms with Crippen LogP contribution < -0.4 is 5.32 Å².